The van der Waals surface area contributed by atoms with Gasteiger partial charge >= 0.3 is 0 Å². The topological polar surface area (TPSA) is 71.8 Å². The van der Waals surface area contributed by atoms with Crippen molar-refractivity contribution in [1.29, 1.82) is 0 Å². The lowest BCUT2D eigenvalue weighted by Gasteiger charge is -2.12. The van der Waals surface area contributed by atoms with Crippen LogP contribution < -0.4 is 10.6 Å². The monoisotopic (exact) mass is 341 g/mol. The lowest BCUT2D eigenvalue weighted by atomic mass is 10.2. The predicted octanol–water partition coefficient (Wildman–Crippen LogP) is 3.46. The van der Waals surface area contributed by atoms with Gasteiger partial charge in [-0.2, -0.15) is 5.10 Å². The summed E-state index contributed by atoms with van der Waals surface area (Å²) in [5, 5.41) is 10.2. The predicted molar refractivity (Wildman–Crippen MR) is 96.2 cm³/mol. The largest absolute Gasteiger partial charge is 0.380 e. The Hall–Kier alpha value is -2.67. The van der Waals surface area contributed by atoms with Crippen molar-refractivity contribution in [1.82, 2.24) is 14.8 Å². The van der Waals surface area contributed by atoms with Crippen molar-refractivity contribution in [3.8, 4) is 0 Å². The molecule has 24 heavy (non-hydrogen) atoms. The number of carbonyl (C=O) groups is 1. The zero-order valence-electron chi connectivity index (χ0n) is 13.6. The number of aromatic nitrogens is 3. The number of nitrogens with one attached hydrogen (secondary N) is 2. The van der Waals surface area contributed by atoms with Crippen molar-refractivity contribution >= 4 is 28.6 Å². The fourth-order valence-corrected chi connectivity index (χ4v) is 3.06. The molecule has 2 aromatic heterocycles. The number of hydrogen-bond acceptors (Lipinski definition) is 5. The maximum atomic E-state index is 12.2. The van der Waals surface area contributed by atoms with E-state index in [9.17, 15) is 4.79 Å². The van der Waals surface area contributed by atoms with Crippen molar-refractivity contribution in [2.24, 2.45) is 0 Å². The molecular weight excluding hydrogens is 322 g/mol. The number of benzene rings is 1. The number of rotatable bonds is 6. The second kappa shape index (κ2) is 7.27. The third kappa shape index (κ3) is 3.99. The summed E-state index contributed by atoms with van der Waals surface area (Å²) < 4.78 is 1.52. The second-order valence-corrected chi connectivity index (χ2v) is 6.86. The highest BCUT2D eigenvalue weighted by atomic mass is 32.1. The minimum Gasteiger partial charge on any atom is -0.380 e. The molecule has 1 atom stereocenters. The van der Waals surface area contributed by atoms with Crippen molar-refractivity contribution < 1.29 is 4.79 Å². The summed E-state index contributed by atoms with van der Waals surface area (Å²) in [6, 6.07) is 11.5. The molecule has 0 saturated carbocycles. The molecule has 2 heterocycles. The van der Waals surface area contributed by atoms with Gasteiger partial charge in [0.1, 0.15) is 18.7 Å². The summed E-state index contributed by atoms with van der Waals surface area (Å²) in [5.41, 5.74) is 1.77. The molecule has 3 rings (SSSR count). The van der Waals surface area contributed by atoms with E-state index in [2.05, 4.69) is 39.8 Å². The van der Waals surface area contributed by atoms with Crippen LogP contribution in [0.2, 0.25) is 0 Å². The first-order valence-corrected chi connectivity index (χ1v) is 8.48. The van der Waals surface area contributed by atoms with Crippen LogP contribution in [0.1, 0.15) is 22.7 Å². The number of nitrogens with zero attached hydrogens (tertiary/aromatic N) is 3. The van der Waals surface area contributed by atoms with Crippen LogP contribution in [0.15, 0.2) is 49.1 Å². The van der Waals surface area contributed by atoms with Crippen molar-refractivity contribution in [2.75, 3.05) is 10.6 Å². The molecule has 124 valence electrons. The van der Waals surface area contributed by atoms with Gasteiger partial charge in [-0.05, 0) is 50.2 Å². The summed E-state index contributed by atoms with van der Waals surface area (Å²) in [5.74, 6) is -0.129. The first-order valence-electron chi connectivity index (χ1n) is 7.66. The molecule has 1 amide bonds. The summed E-state index contributed by atoms with van der Waals surface area (Å²) in [4.78, 5) is 18.7. The Morgan fingerprint density at radius 2 is 1.96 bits per heavy atom. The number of thiophene rings is 1. The van der Waals surface area contributed by atoms with Gasteiger partial charge < -0.3 is 10.6 Å². The highest BCUT2D eigenvalue weighted by molar-refractivity contribution is 7.11. The fourth-order valence-electron chi connectivity index (χ4n) is 2.22. The highest BCUT2D eigenvalue weighted by Gasteiger charge is 2.15. The van der Waals surface area contributed by atoms with E-state index < -0.39 is 6.04 Å². The number of hydrogen-bond donors (Lipinski definition) is 2. The average Bonchev–Trinajstić information content (AvgIpc) is 3.25. The number of anilines is 2. The third-order valence-corrected chi connectivity index (χ3v) is 4.63. The average molecular weight is 341 g/mol. The Labute approximate surface area is 144 Å². The molecule has 6 nitrogen and oxygen atoms in total. The van der Waals surface area contributed by atoms with Gasteiger partial charge in [0.25, 0.3) is 0 Å². The highest BCUT2D eigenvalue weighted by Crippen LogP contribution is 2.19. The molecule has 7 heteroatoms. The van der Waals surface area contributed by atoms with E-state index in [4.69, 9.17) is 0 Å². The Kier molecular flexibility index (Phi) is 4.90. The maximum Gasteiger partial charge on any atom is 0.249 e. The third-order valence-electron chi connectivity index (χ3n) is 3.63. The van der Waals surface area contributed by atoms with E-state index in [0.717, 1.165) is 17.9 Å². The lowest BCUT2D eigenvalue weighted by Crippen LogP contribution is -2.24. The van der Waals surface area contributed by atoms with Gasteiger partial charge in [0.05, 0.1) is 0 Å². The van der Waals surface area contributed by atoms with E-state index in [1.54, 1.807) is 18.3 Å². The van der Waals surface area contributed by atoms with Crippen LogP contribution in [0, 0.1) is 6.92 Å². The Balaban J connectivity index is 1.55. The molecule has 0 fully saturated rings. The first kappa shape index (κ1) is 16.2. The fraction of sp³-hybridized carbons (Fsp3) is 0.235. The van der Waals surface area contributed by atoms with Crippen molar-refractivity contribution in [3.63, 3.8) is 0 Å². The van der Waals surface area contributed by atoms with Crippen LogP contribution >= 0.6 is 11.3 Å². The van der Waals surface area contributed by atoms with Gasteiger partial charge in [0.15, 0.2) is 0 Å². The van der Waals surface area contributed by atoms with Crippen LogP contribution in [0.3, 0.4) is 0 Å². The van der Waals surface area contributed by atoms with E-state index in [1.807, 2.05) is 24.3 Å². The molecule has 3 aromatic rings. The van der Waals surface area contributed by atoms with E-state index >= 15 is 0 Å². The molecule has 0 spiro atoms. The second-order valence-electron chi connectivity index (χ2n) is 5.48. The normalized spacial score (nSPS) is 11.9. The van der Waals surface area contributed by atoms with E-state index in [-0.39, 0.29) is 5.91 Å². The minimum absolute atomic E-state index is 0.129. The van der Waals surface area contributed by atoms with Crippen molar-refractivity contribution in [2.45, 2.75) is 26.4 Å². The van der Waals surface area contributed by atoms with Gasteiger partial charge in [-0.25, -0.2) is 9.67 Å². The summed E-state index contributed by atoms with van der Waals surface area (Å²) in [6.07, 6.45) is 2.95. The van der Waals surface area contributed by atoms with Crippen LogP contribution in [0.4, 0.5) is 11.4 Å². The summed E-state index contributed by atoms with van der Waals surface area (Å²) >= 11 is 1.79. The van der Waals surface area contributed by atoms with Gasteiger partial charge in [0, 0.05) is 27.7 Å². The molecule has 0 radical (unpaired) electrons. The quantitative estimate of drug-likeness (QED) is 0.720. The van der Waals surface area contributed by atoms with Gasteiger partial charge in [-0.15, -0.1) is 11.3 Å². The van der Waals surface area contributed by atoms with Gasteiger partial charge in [-0.1, -0.05) is 0 Å². The first-order chi connectivity index (χ1) is 11.6. The number of aryl methyl sites for hydroxylation is 1. The van der Waals surface area contributed by atoms with Crippen LogP contribution in [-0.2, 0) is 11.3 Å². The van der Waals surface area contributed by atoms with Crippen molar-refractivity contribution in [3.05, 3.63) is 58.8 Å². The van der Waals surface area contributed by atoms with Gasteiger partial charge in [-0.3, -0.25) is 4.79 Å². The van der Waals surface area contributed by atoms with Crippen LogP contribution in [0.25, 0.3) is 0 Å². The van der Waals surface area contributed by atoms with Crippen LogP contribution in [-0.4, -0.2) is 20.7 Å². The lowest BCUT2D eigenvalue weighted by molar-refractivity contribution is -0.119. The minimum atomic E-state index is -0.410. The van der Waals surface area contributed by atoms with E-state index in [0.29, 0.717) is 0 Å². The number of amides is 1. The SMILES string of the molecule is Cc1ccc(CNc2ccc(NC(=O)[C@@H](C)n3cncn3)cc2)s1. The zero-order valence-corrected chi connectivity index (χ0v) is 14.4. The smallest absolute Gasteiger partial charge is 0.249 e. The number of carbonyl (C=O) groups excluding carboxylic acids is 1. The van der Waals surface area contributed by atoms with E-state index in [1.165, 1.54) is 27.1 Å². The molecule has 0 aliphatic heterocycles. The summed E-state index contributed by atoms with van der Waals surface area (Å²) in [6.45, 7) is 4.68. The molecule has 0 bridgehead atoms. The maximum absolute atomic E-state index is 12.2. The Bertz CT molecular complexity index is 795. The molecule has 0 saturated heterocycles. The molecular formula is C17H19N5OS. The van der Waals surface area contributed by atoms with Crippen LogP contribution in [0.5, 0.6) is 0 Å². The molecule has 0 aliphatic rings. The molecule has 0 unspecified atom stereocenters. The molecule has 0 aliphatic carbocycles. The zero-order chi connectivity index (χ0) is 16.9. The molecule has 2 N–H and O–H groups in total. The van der Waals surface area contributed by atoms with Gasteiger partial charge in [0.2, 0.25) is 5.91 Å². The Morgan fingerprint density at radius 1 is 1.21 bits per heavy atom. The molecule has 1 aromatic carbocycles. The Morgan fingerprint density at radius 3 is 2.58 bits per heavy atom. The standard InChI is InChI=1S/C17H19N5OS/c1-12-3-8-16(24-12)9-19-14-4-6-15(7-5-14)21-17(23)13(2)22-11-18-10-20-22/h3-8,10-11,13,19H,9H2,1-2H3,(H,21,23)/t13-/m1/s1. The summed E-state index contributed by atoms with van der Waals surface area (Å²) in [7, 11) is 0.